The monoisotopic (exact) mass is 408 g/mol. The normalized spacial score (nSPS) is 18.5. The maximum atomic E-state index is 12.7. The number of imide groups is 1. The van der Waals surface area contributed by atoms with E-state index in [9.17, 15) is 14.4 Å². The minimum absolute atomic E-state index is 0.000270. The summed E-state index contributed by atoms with van der Waals surface area (Å²) in [5.74, 6) is -0.144. The maximum absolute atomic E-state index is 12.7. The van der Waals surface area contributed by atoms with E-state index in [1.807, 2.05) is 0 Å². The number of rotatable bonds is 6. The van der Waals surface area contributed by atoms with Gasteiger partial charge in [-0.2, -0.15) is 5.01 Å². The molecular formula is C19H25ClN4O4. The number of likely N-dealkylation sites (N-methyl/N-ethyl adjacent to an activating group) is 1. The van der Waals surface area contributed by atoms with Crippen LogP contribution in [0.4, 0.5) is 4.79 Å². The van der Waals surface area contributed by atoms with Crippen molar-refractivity contribution in [1.82, 2.24) is 20.7 Å². The summed E-state index contributed by atoms with van der Waals surface area (Å²) in [5, 5.41) is 4.16. The van der Waals surface area contributed by atoms with E-state index in [4.69, 9.17) is 16.3 Å². The highest BCUT2D eigenvalue weighted by Crippen LogP contribution is 2.33. The first kappa shape index (κ1) is 20.4. The number of nitrogens with one attached hydrogen (secondary N) is 2. The quantitative estimate of drug-likeness (QED) is 0.703. The van der Waals surface area contributed by atoms with Gasteiger partial charge in [0.15, 0.2) is 0 Å². The third kappa shape index (κ3) is 4.23. The molecule has 1 aromatic rings. The molecule has 28 heavy (non-hydrogen) atoms. The topological polar surface area (TPSA) is 91.0 Å². The Balaban J connectivity index is 1.59. The molecule has 1 aliphatic carbocycles. The summed E-state index contributed by atoms with van der Waals surface area (Å²) in [7, 11) is 3.33. The minimum atomic E-state index is -0.858. The largest absolute Gasteiger partial charge is 0.496 e. The Morgan fingerprint density at radius 1 is 1.32 bits per heavy atom. The molecule has 0 aromatic heterocycles. The fourth-order valence-electron chi connectivity index (χ4n) is 3.84. The maximum Gasteiger partial charge on any atom is 0.344 e. The van der Waals surface area contributed by atoms with Crippen LogP contribution in [0.5, 0.6) is 5.75 Å². The van der Waals surface area contributed by atoms with E-state index in [0.29, 0.717) is 30.2 Å². The highest BCUT2D eigenvalue weighted by atomic mass is 35.5. The second-order valence-electron chi connectivity index (χ2n) is 7.38. The van der Waals surface area contributed by atoms with Gasteiger partial charge in [0.05, 0.1) is 13.7 Å². The lowest BCUT2D eigenvalue weighted by Gasteiger charge is -2.30. The zero-order chi connectivity index (χ0) is 20.3. The van der Waals surface area contributed by atoms with Crippen LogP contribution in [0.3, 0.4) is 0 Å². The predicted molar refractivity (Wildman–Crippen MR) is 104 cm³/mol. The van der Waals surface area contributed by atoms with Crippen LogP contribution >= 0.6 is 11.6 Å². The second kappa shape index (κ2) is 8.36. The lowest BCUT2D eigenvalue weighted by atomic mass is 9.82. The van der Waals surface area contributed by atoms with E-state index < -0.39 is 17.5 Å². The first-order chi connectivity index (χ1) is 13.3. The number of carbonyl (C=O) groups is 3. The molecule has 0 atom stereocenters. The van der Waals surface area contributed by atoms with E-state index in [0.717, 1.165) is 29.8 Å². The molecule has 2 fully saturated rings. The summed E-state index contributed by atoms with van der Waals surface area (Å²) < 4.78 is 5.31. The number of hydrogen-bond acceptors (Lipinski definition) is 5. The van der Waals surface area contributed by atoms with Crippen molar-refractivity contribution in [2.24, 2.45) is 0 Å². The molecule has 1 spiro atoms. The highest BCUT2D eigenvalue weighted by Gasteiger charge is 2.52. The van der Waals surface area contributed by atoms with Crippen LogP contribution in [0.1, 0.15) is 37.7 Å². The van der Waals surface area contributed by atoms with Gasteiger partial charge in [-0.15, -0.1) is 0 Å². The van der Waals surface area contributed by atoms with Gasteiger partial charge in [-0.05, 0) is 38.1 Å². The average molecular weight is 409 g/mol. The van der Waals surface area contributed by atoms with Crippen LogP contribution in [0.2, 0.25) is 5.02 Å². The van der Waals surface area contributed by atoms with Gasteiger partial charge < -0.3 is 10.1 Å². The predicted octanol–water partition coefficient (Wildman–Crippen LogP) is 2.07. The zero-order valence-electron chi connectivity index (χ0n) is 16.1. The first-order valence-electron chi connectivity index (χ1n) is 9.32. The number of hydrogen-bond donors (Lipinski definition) is 2. The number of methoxy groups -OCH3 is 1. The van der Waals surface area contributed by atoms with Crippen molar-refractivity contribution in [3.63, 3.8) is 0 Å². The lowest BCUT2D eigenvalue weighted by Crippen LogP contribution is -2.52. The number of carbonyl (C=O) groups excluding carboxylic acids is 3. The van der Waals surface area contributed by atoms with Crippen LogP contribution in [0, 0.1) is 0 Å². The summed E-state index contributed by atoms with van der Waals surface area (Å²) >= 11 is 6.04. The van der Waals surface area contributed by atoms with E-state index in [-0.39, 0.29) is 12.5 Å². The summed E-state index contributed by atoms with van der Waals surface area (Å²) in [6.45, 7) is 0.418. The number of halogens is 1. The summed E-state index contributed by atoms with van der Waals surface area (Å²) in [6.07, 6.45) is 4.04. The Morgan fingerprint density at radius 3 is 2.71 bits per heavy atom. The minimum Gasteiger partial charge on any atom is -0.496 e. The summed E-state index contributed by atoms with van der Waals surface area (Å²) in [5.41, 5.74) is 2.42. The van der Waals surface area contributed by atoms with E-state index in [2.05, 4.69) is 10.7 Å². The number of ether oxygens (including phenoxy) is 1. The van der Waals surface area contributed by atoms with Crippen LogP contribution in [0.25, 0.3) is 0 Å². The van der Waals surface area contributed by atoms with Gasteiger partial charge in [0.1, 0.15) is 11.3 Å². The van der Waals surface area contributed by atoms with Gasteiger partial charge in [0.2, 0.25) is 0 Å². The summed E-state index contributed by atoms with van der Waals surface area (Å²) in [4.78, 5) is 39.1. The van der Waals surface area contributed by atoms with Crippen molar-refractivity contribution in [1.29, 1.82) is 0 Å². The van der Waals surface area contributed by atoms with Crippen LogP contribution in [-0.2, 0) is 16.1 Å². The molecule has 0 bridgehead atoms. The highest BCUT2D eigenvalue weighted by molar-refractivity contribution is 6.30. The molecule has 3 rings (SSSR count). The van der Waals surface area contributed by atoms with Gasteiger partial charge in [0, 0.05) is 17.1 Å². The molecular weight excluding hydrogens is 384 g/mol. The number of benzene rings is 1. The van der Waals surface area contributed by atoms with Crippen LogP contribution < -0.4 is 15.5 Å². The van der Waals surface area contributed by atoms with Gasteiger partial charge >= 0.3 is 6.03 Å². The Labute approximate surface area is 169 Å². The molecule has 152 valence electrons. The molecule has 2 N–H and O–H groups in total. The molecule has 1 aromatic carbocycles. The van der Waals surface area contributed by atoms with Crippen molar-refractivity contribution >= 4 is 29.4 Å². The second-order valence-corrected chi connectivity index (χ2v) is 7.81. The third-order valence-electron chi connectivity index (χ3n) is 5.20. The fraction of sp³-hybridized carbons (Fsp3) is 0.526. The van der Waals surface area contributed by atoms with Crippen molar-refractivity contribution in [2.75, 3.05) is 20.7 Å². The Bertz CT molecular complexity index is 779. The molecule has 1 heterocycles. The molecule has 0 radical (unpaired) electrons. The Morgan fingerprint density at radius 2 is 2.04 bits per heavy atom. The van der Waals surface area contributed by atoms with E-state index >= 15 is 0 Å². The third-order valence-corrected chi connectivity index (χ3v) is 5.44. The molecule has 0 unspecified atom stereocenters. The lowest BCUT2D eigenvalue weighted by molar-refractivity contribution is -0.140. The van der Waals surface area contributed by atoms with Gasteiger partial charge in [-0.25, -0.2) is 4.79 Å². The van der Waals surface area contributed by atoms with Crippen molar-refractivity contribution in [3.8, 4) is 5.75 Å². The van der Waals surface area contributed by atoms with Crippen molar-refractivity contribution in [2.45, 2.75) is 44.2 Å². The molecule has 1 saturated heterocycles. The fourth-order valence-corrected chi connectivity index (χ4v) is 4.03. The molecule has 1 aliphatic heterocycles. The van der Waals surface area contributed by atoms with Crippen LogP contribution in [0.15, 0.2) is 18.2 Å². The van der Waals surface area contributed by atoms with Gasteiger partial charge in [-0.3, -0.25) is 19.9 Å². The number of hydrazine groups is 1. The molecule has 2 aliphatic rings. The first-order valence-corrected chi connectivity index (χ1v) is 9.69. The SMILES string of the molecule is COc1ccc(Cl)cc1CN(C)CC(=O)NN1C(=O)NC2(CCCCC2)C1=O. The smallest absolute Gasteiger partial charge is 0.344 e. The van der Waals surface area contributed by atoms with Crippen LogP contribution in [-0.4, -0.2) is 54.0 Å². The Kier molecular flexibility index (Phi) is 6.10. The zero-order valence-corrected chi connectivity index (χ0v) is 16.8. The molecule has 1 saturated carbocycles. The standard InChI is InChI=1S/C19H25ClN4O4/c1-23(11-13-10-14(20)6-7-15(13)28-2)12-16(25)22-24-17(26)19(21-18(24)27)8-4-3-5-9-19/h6-7,10H,3-5,8-9,11-12H2,1-2H3,(H,21,27)(H,22,25). The van der Waals surface area contributed by atoms with Gasteiger partial charge in [-0.1, -0.05) is 30.9 Å². The molecule has 9 heteroatoms. The molecule has 8 nitrogen and oxygen atoms in total. The van der Waals surface area contributed by atoms with Crippen molar-refractivity contribution in [3.05, 3.63) is 28.8 Å². The number of nitrogens with zero attached hydrogens (tertiary/aromatic N) is 2. The van der Waals surface area contributed by atoms with E-state index in [1.165, 1.54) is 0 Å². The van der Waals surface area contributed by atoms with E-state index in [1.54, 1.807) is 37.3 Å². The number of urea groups is 1. The molecule has 4 amide bonds. The van der Waals surface area contributed by atoms with Gasteiger partial charge in [0.25, 0.3) is 11.8 Å². The average Bonchev–Trinajstić information content (AvgIpc) is 2.86. The Hall–Kier alpha value is -2.32. The summed E-state index contributed by atoms with van der Waals surface area (Å²) in [6, 6.07) is 4.70. The van der Waals surface area contributed by atoms with Crippen molar-refractivity contribution < 1.29 is 19.1 Å². The number of amides is 4.